The monoisotopic (exact) mass is 280 g/mol. The quantitative estimate of drug-likeness (QED) is 0.880. The summed E-state index contributed by atoms with van der Waals surface area (Å²) < 4.78 is 11.1. The van der Waals surface area contributed by atoms with Crippen LogP contribution in [0.5, 0.6) is 0 Å². The molecule has 2 saturated heterocycles. The number of hydrogen-bond donors (Lipinski definition) is 1. The number of aliphatic hydroxyl groups is 1. The molecule has 2 atom stereocenters. The van der Waals surface area contributed by atoms with Crippen molar-refractivity contribution in [2.45, 2.75) is 32.0 Å². The minimum absolute atomic E-state index is 0.236. The molecule has 0 aromatic carbocycles. The van der Waals surface area contributed by atoms with Gasteiger partial charge in [-0.3, -0.25) is 9.80 Å². The molecular formula is C15H24N2O3. The molecule has 20 heavy (non-hydrogen) atoms. The van der Waals surface area contributed by atoms with Crippen molar-refractivity contribution in [3.05, 3.63) is 23.7 Å². The Morgan fingerprint density at radius 1 is 1.20 bits per heavy atom. The summed E-state index contributed by atoms with van der Waals surface area (Å²) >= 11 is 0. The van der Waals surface area contributed by atoms with E-state index in [1.54, 1.807) is 0 Å². The highest BCUT2D eigenvalue weighted by Gasteiger charge is 2.36. The molecule has 0 radical (unpaired) electrons. The van der Waals surface area contributed by atoms with E-state index in [0.717, 1.165) is 63.9 Å². The standard InChI is InChI=1S/C15H24N2O3/c1-2-12-3-4-13(20-12)9-16-10-14(15(18)11-16)17-5-7-19-8-6-17/h3-4,14-15,18H,2,5-11H2,1H3/t14-,15-/m0/s1. The Morgan fingerprint density at radius 3 is 2.65 bits per heavy atom. The first-order valence-corrected chi connectivity index (χ1v) is 7.56. The van der Waals surface area contributed by atoms with Crippen LogP contribution in [0.3, 0.4) is 0 Å². The van der Waals surface area contributed by atoms with E-state index in [1.807, 2.05) is 12.1 Å². The molecule has 2 fully saturated rings. The van der Waals surface area contributed by atoms with E-state index in [-0.39, 0.29) is 12.1 Å². The summed E-state index contributed by atoms with van der Waals surface area (Å²) in [6, 6.07) is 4.33. The Bertz CT molecular complexity index is 429. The van der Waals surface area contributed by atoms with Gasteiger partial charge in [0.25, 0.3) is 0 Å². The summed E-state index contributed by atoms with van der Waals surface area (Å²) in [7, 11) is 0. The van der Waals surface area contributed by atoms with Gasteiger partial charge < -0.3 is 14.3 Å². The molecule has 5 heteroatoms. The zero-order valence-electron chi connectivity index (χ0n) is 12.1. The smallest absolute Gasteiger partial charge is 0.118 e. The van der Waals surface area contributed by atoms with E-state index in [0.29, 0.717) is 0 Å². The van der Waals surface area contributed by atoms with E-state index in [4.69, 9.17) is 9.15 Å². The summed E-state index contributed by atoms with van der Waals surface area (Å²) in [5.41, 5.74) is 0. The lowest BCUT2D eigenvalue weighted by molar-refractivity contribution is -0.00619. The SMILES string of the molecule is CCc1ccc(CN2C[C@H](O)[C@@H](N3CCOCC3)C2)o1. The average molecular weight is 280 g/mol. The van der Waals surface area contributed by atoms with Gasteiger partial charge in [0.2, 0.25) is 0 Å². The van der Waals surface area contributed by atoms with Gasteiger partial charge in [-0.1, -0.05) is 6.92 Å². The molecule has 0 saturated carbocycles. The van der Waals surface area contributed by atoms with Crippen molar-refractivity contribution in [1.82, 2.24) is 9.80 Å². The van der Waals surface area contributed by atoms with Gasteiger partial charge in [0.15, 0.2) is 0 Å². The molecule has 0 aliphatic carbocycles. The van der Waals surface area contributed by atoms with Crippen LogP contribution in [-0.2, 0) is 17.7 Å². The summed E-state index contributed by atoms with van der Waals surface area (Å²) in [5, 5.41) is 10.3. The molecule has 0 spiro atoms. The van der Waals surface area contributed by atoms with Crippen LogP contribution >= 0.6 is 0 Å². The van der Waals surface area contributed by atoms with Gasteiger partial charge in [-0.15, -0.1) is 0 Å². The van der Waals surface area contributed by atoms with Crippen molar-refractivity contribution in [2.24, 2.45) is 0 Å². The number of morpholine rings is 1. The van der Waals surface area contributed by atoms with Gasteiger partial charge in [0.05, 0.1) is 25.9 Å². The maximum Gasteiger partial charge on any atom is 0.118 e. The molecule has 3 rings (SSSR count). The maximum absolute atomic E-state index is 10.3. The largest absolute Gasteiger partial charge is 0.465 e. The molecule has 2 aliphatic rings. The molecule has 0 amide bonds. The fourth-order valence-electron chi connectivity index (χ4n) is 3.16. The van der Waals surface area contributed by atoms with Gasteiger partial charge in [0.1, 0.15) is 11.5 Å². The van der Waals surface area contributed by atoms with Crippen molar-refractivity contribution in [1.29, 1.82) is 0 Å². The first kappa shape index (κ1) is 14.1. The number of rotatable bonds is 4. The number of hydrogen-bond acceptors (Lipinski definition) is 5. The normalized spacial score (nSPS) is 29.1. The van der Waals surface area contributed by atoms with Crippen molar-refractivity contribution >= 4 is 0 Å². The second-order valence-corrected chi connectivity index (χ2v) is 5.70. The van der Waals surface area contributed by atoms with Crippen LogP contribution < -0.4 is 0 Å². The molecule has 5 nitrogen and oxygen atoms in total. The molecule has 0 bridgehead atoms. The highest BCUT2D eigenvalue weighted by molar-refractivity contribution is 5.07. The summed E-state index contributed by atoms with van der Waals surface area (Å²) in [6.45, 7) is 7.93. The molecule has 2 aliphatic heterocycles. The minimum atomic E-state index is -0.270. The number of furan rings is 1. The second-order valence-electron chi connectivity index (χ2n) is 5.70. The van der Waals surface area contributed by atoms with E-state index in [9.17, 15) is 5.11 Å². The number of likely N-dealkylation sites (tertiary alicyclic amines) is 1. The van der Waals surface area contributed by atoms with Crippen LogP contribution in [0.2, 0.25) is 0 Å². The molecule has 1 aromatic rings. The Hall–Kier alpha value is -0.880. The Labute approximate surface area is 120 Å². The minimum Gasteiger partial charge on any atom is -0.465 e. The molecule has 112 valence electrons. The van der Waals surface area contributed by atoms with Crippen LogP contribution in [0, 0.1) is 0 Å². The number of nitrogens with zero attached hydrogens (tertiary/aromatic N) is 2. The van der Waals surface area contributed by atoms with Crippen molar-refractivity contribution < 1.29 is 14.3 Å². The van der Waals surface area contributed by atoms with Gasteiger partial charge in [-0.2, -0.15) is 0 Å². The van der Waals surface area contributed by atoms with E-state index in [2.05, 4.69) is 16.7 Å². The van der Waals surface area contributed by atoms with Crippen LogP contribution in [-0.4, -0.2) is 66.4 Å². The highest BCUT2D eigenvalue weighted by atomic mass is 16.5. The molecule has 1 aromatic heterocycles. The lowest BCUT2D eigenvalue weighted by Gasteiger charge is -2.33. The molecule has 3 heterocycles. The summed E-state index contributed by atoms with van der Waals surface area (Å²) in [4.78, 5) is 4.64. The second kappa shape index (κ2) is 6.26. The van der Waals surface area contributed by atoms with Gasteiger partial charge in [0, 0.05) is 38.6 Å². The third kappa shape index (κ3) is 3.06. The molecular weight excluding hydrogens is 256 g/mol. The number of aliphatic hydroxyl groups excluding tert-OH is 1. The first-order valence-electron chi connectivity index (χ1n) is 7.56. The van der Waals surface area contributed by atoms with Gasteiger partial charge in [-0.05, 0) is 12.1 Å². The van der Waals surface area contributed by atoms with Crippen LogP contribution in [0.15, 0.2) is 16.5 Å². The molecule has 0 unspecified atom stereocenters. The lowest BCUT2D eigenvalue weighted by Crippen LogP contribution is -2.48. The number of β-amino-alcohol motifs (C(OH)–C–C–N with tert-alkyl or cyclic N) is 1. The van der Waals surface area contributed by atoms with Crippen LogP contribution in [0.4, 0.5) is 0 Å². The third-order valence-electron chi connectivity index (χ3n) is 4.29. The van der Waals surface area contributed by atoms with E-state index >= 15 is 0 Å². The highest BCUT2D eigenvalue weighted by Crippen LogP contribution is 2.20. The molecule has 1 N–H and O–H groups in total. The van der Waals surface area contributed by atoms with Gasteiger partial charge >= 0.3 is 0 Å². The Balaban J connectivity index is 1.57. The zero-order valence-corrected chi connectivity index (χ0v) is 12.1. The fourth-order valence-corrected chi connectivity index (χ4v) is 3.16. The van der Waals surface area contributed by atoms with Crippen LogP contribution in [0.25, 0.3) is 0 Å². The Morgan fingerprint density at radius 2 is 1.95 bits per heavy atom. The van der Waals surface area contributed by atoms with Crippen molar-refractivity contribution in [2.75, 3.05) is 39.4 Å². The van der Waals surface area contributed by atoms with Gasteiger partial charge in [-0.25, -0.2) is 0 Å². The van der Waals surface area contributed by atoms with Crippen molar-refractivity contribution in [3.63, 3.8) is 0 Å². The fraction of sp³-hybridized carbons (Fsp3) is 0.733. The Kier molecular flexibility index (Phi) is 4.41. The van der Waals surface area contributed by atoms with E-state index < -0.39 is 0 Å². The zero-order chi connectivity index (χ0) is 13.9. The topological polar surface area (TPSA) is 49.1 Å². The maximum atomic E-state index is 10.3. The predicted molar refractivity (Wildman–Crippen MR) is 75.5 cm³/mol. The van der Waals surface area contributed by atoms with Crippen molar-refractivity contribution in [3.8, 4) is 0 Å². The first-order chi connectivity index (χ1) is 9.76. The average Bonchev–Trinajstić information content (AvgIpc) is 3.07. The van der Waals surface area contributed by atoms with E-state index in [1.165, 1.54) is 0 Å². The predicted octanol–water partition coefficient (Wildman–Crippen LogP) is 0.719. The summed E-state index contributed by atoms with van der Waals surface area (Å²) in [6.07, 6.45) is 0.660. The number of aryl methyl sites for hydroxylation is 1. The third-order valence-corrected chi connectivity index (χ3v) is 4.29. The lowest BCUT2D eigenvalue weighted by atomic mass is 10.2. The van der Waals surface area contributed by atoms with Crippen LogP contribution in [0.1, 0.15) is 18.4 Å². The summed E-state index contributed by atoms with van der Waals surface area (Å²) in [5.74, 6) is 2.03. The number of ether oxygens (including phenoxy) is 1.